The minimum Gasteiger partial charge on any atom is -0.335 e. The van der Waals surface area contributed by atoms with Gasteiger partial charge in [0, 0.05) is 25.3 Å². The second-order valence-corrected chi connectivity index (χ2v) is 6.78. The smallest absolute Gasteiger partial charge is 0.276 e. The molecule has 0 bridgehead atoms. The first kappa shape index (κ1) is 15.4. The predicted molar refractivity (Wildman–Crippen MR) is 88.9 cm³/mol. The highest BCUT2D eigenvalue weighted by molar-refractivity contribution is 5.92. The van der Waals surface area contributed by atoms with E-state index in [0.717, 1.165) is 44.7 Å². The summed E-state index contributed by atoms with van der Waals surface area (Å²) in [6, 6.07) is 0.338. The molecule has 1 aliphatic carbocycles. The Kier molecular flexibility index (Phi) is 3.86. The summed E-state index contributed by atoms with van der Waals surface area (Å²) in [5.41, 5.74) is 3.12. The summed E-state index contributed by atoms with van der Waals surface area (Å²) >= 11 is 0. The Hall–Kier alpha value is -2.18. The molecule has 1 atom stereocenters. The second-order valence-electron chi connectivity index (χ2n) is 6.78. The molecule has 1 unspecified atom stereocenters. The molecule has 1 saturated heterocycles. The minimum atomic E-state index is -0.0103. The van der Waals surface area contributed by atoms with Crippen molar-refractivity contribution in [3.8, 4) is 0 Å². The van der Waals surface area contributed by atoms with E-state index in [9.17, 15) is 4.79 Å². The quantitative estimate of drug-likeness (QED) is 0.861. The highest BCUT2D eigenvalue weighted by Crippen LogP contribution is 2.30. The molecule has 7 nitrogen and oxygen atoms in total. The van der Waals surface area contributed by atoms with Crippen molar-refractivity contribution < 1.29 is 4.79 Å². The Labute approximate surface area is 141 Å². The number of aryl methyl sites for hydroxylation is 3. The van der Waals surface area contributed by atoms with E-state index in [0.29, 0.717) is 11.7 Å². The van der Waals surface area contributed by atoms with Crippen molar-refractivity contribution in [1.29, 1.82) is 0 Å². The molecule has 0 spiro atoms. The molecule has 1 amide bonds. The van der Waals surface area contributed by atoms with Crippen LogP contribution in [-0.4, -0.2) is 48.4 Å². The van der Waals surface area contributed by atoms with E-state index < -0.39 is 0 Å². The van der Waals surface area contributed by atoms with Crippen LogP contribution in [-0.2, 0) is 19.4 Å². The van der Waals surface area contributed by atoms with Gasteiger partial charge in [0.15, 0.2) is 5.69 Å². The fourth-order valence-corrected chi connectivity index (χ4v) is 4.03. The van der Waals surface area contributed by atoms with Gasteiger partial charge >= 0.3 is 0 Å². The number of nitrogens with zero attached hydrogens (tertiary/aromatic N) is 6. The van der Waals surface area contributed by atoms with Crippen LogP contribution in [0.25, 0.3) is 0 Å². The lowest BCUT2D eigenvalue weighted by Crippen LogP contribution is -2.30. The van der Waals surface area contributed by atoms with Gasteiger partial charge in [0.25, 0.3) is 5.91 Å². The van der Waals surface area contributed by atoms with Gasteiger partial charge in [0.1, 0.15) is 5.82 Å². The molecule has 0 saturated carbocycles. The maximum absolute atomic E-state index is 12.7. The van der Waals surface area contributed by atoms with E-state index >= 15 is 0 Å². The Morgan fingerprint density at radius 1 is 1.33 bits per heavy atom. The first-order chi connectivity index (χ1) is 11.7. The first-order valence-corrected chi connectivity index (χ1v) is 8.93. The molecule has 0 radical (unpaired) electrons. The molecule has 1 fully saturated rings. The maximum atomic E-state index is 12.7. The number of fused-ring (bicyclic) bond motifs is 1. The summed E-state index contributed by atoms with van der Waals surface area (Å²) in [6.45, 7) is 6.31. The molecule has 128 valence electrons. The molecule has 2 aliphatic rings. The first-order valence-electron chi connectivity index (χ1n) is 8.93. The third-order valence-electron chi connectivity index (χ3n) is 5.24. The Morgan fingerprint density at radius 2 is 2.17 bits per heavy atom. The molecular formula is C17H24N6O. The number of carbonyl (C=O) groups excluding carboxylic acids is 1. The van der Waals surface area contributed by atoms with Crippen molar-refractivity contribution in [3.05, 3.63) is 29.1 Å². The lowest BCUT2D eigenvalue weighted by Gasteiger charge is -2.21. The molecule has 2 aromatic rings. The average molecular weight is 328 g/mol. The molecule has 0 N–H and O–H groups in total. The third kappa shape index (κ3) is 2.52. The standard InChI is InChI=1S/C17H24N6O/c1-3-22-11-15(19-20-22)17(24)21-9-8-13(10-21)23-12(2)18-14-6-4-5-7-16(14)23/h11,13H,3-10H2,1-2H3. The lowest BCUT2D eigenvalue weighted by molar-refractivity contribution is 0.0781. The number of hydrogen-bond acceptors (Lipinski definition) is 4. The van der Waals surface area contributed by atoms with Crippen LogP contribution in [0.2, 0.25) is 0 Å². The Bertz CT molecular complexity index is 761. The van der Waals surface area contributed by atoms with Crippen LogP contribution in [0.5, 0.6) is 0 Å². The molecule has 2 aromatic heterocycles. The van der Waals surface area contributed by atoms with Crippen LogP contribution < -0.4 is 0 Å². The molecule has 1 aliphatic heterocycles. The van der Waals surface area contributed by atoms with Crippen molar-refractivity contribution in [2.75, 3.05) is 13.1 Å². The van der Waals surface area contributed by atoms with Crippen LogP contribution in [0.1, 0.15) is 59.9 Å². The van der Waals surface area contributed by atoms with Gasteiger partial charge in [-0.2, -0.15) is 0 Å². The highest BCUT2D eigenvalue weighted by Gasteiger charge is 2.32. The number of amides is 1. The summed E-state index contributed by atoms with van der Waals surface area (Å²) in [7, 11) is 0. The highest BCUT2D eigenvalue weighted by atomic mass is 16.2. The van der Waals surface area contributed by atoms with E-state index in [2.05, 4.69) is 21.8 Å². The maximum Gasteiger partial charge on any atom is 0.276 e. The number of likely N-dealkylation sites (tertiary alicyclic amines) is 1. The van der Waals surface area contributed by atoms with Crippen molar-refractivity contribution >= 4 is 5.91 Å². The Balaban J connectivity index is 1.52. The monoisotopic (exact) mass is 328 g/mol. The van der Waals surface area contributed by atoms with E-state index in [1.54, 1.807) is 10.9 Å². The summed E-state index contributed by atoms with van der Waals surface area (Å²) in [5.74, 6) is 1.09. The largest absolute Gasteiger partial charge is 0.335 e. The zero-order chi connectivity index (χ0) is 16.7. The normalized spacial score (nSPS) is 20.4. The Morgan fingerprint density at radius 3 is 2.96 bits per heavy atom. The fraction of sp³-hybridized carbons (Fsp3) is 0.647. The number of imidazole rings is 1. The van der Waals surface area contributed by atoms with Gasteiger partial charge in [-0.25, -0.2) is 4.98 Å². The van der Waals surface area contributed by atoms with Crippen molar-refractivity contribution in [3.63, 3.8) is 0 Å². The number of aromatic nitrogens is 5. The van der Waals surface area contributed by atoms with Crippen LogP contribution in [0.4, 0.5) is 0 Å². The topological polar surface area (TPSA) is 68.8 Å². The van der Waals surface area contributed by atoms with Crippen molar-refractivity contribution in [1.82, 2.24) is 29.4 Å². The minimum absolute atomic E-state index is 0.0103. The van der Waals surface area contributed by atoms with Crippen molar-refractivity contribution in [2.45, 2.75) is 58.5 Å². The van der Waals surface area contributed by atoms with E-state index in [1.165, 1.54) is 24.2 Å². The number of carbonyl (C=O) groups is 1. The van der Waals surface area contributed by atoms with E-state index in [4.69, 9.17) is 4.98 Å². The van der Waals surface area contributed by atoms with E-state index in [-0.39, 0.29) is 5.91 Å². The molecule has 7 heteroatoms. The summed E-state index contributed by atoms with van der Waals surface area (Å²) < 4.78 is 4.09. The van der Waals surface area contributed by atoms with Crippen LogP contribution >= 0.6 is 0 Å². The second kappa shape index (κ2) is 6.03. The van der Waals surface area contributed by atoms with Crippen LogP contribution in [0.3, 0.4) is 0 Å². The summed E-state index contributed by atoms with van der Waals surface area (Å²) in [4.78, 5) is 19.3. The summed E-state index contributed by atoms with van der Waals surface area (Å²) in [5, 5.41) is 7.98. The van der Waals surface area contributed by atoms with Crippen molar-refractivity contribution in [2.24, 2.45) is 0 Å². The number of rotatable bonds is 3. The van der Waals surface area contributed by atoms with Crippen LogP contribution in [0.15, 0.2) is 6.20 Å². The van der Waals surface area contributed by atoms with Gasteiger partial charge in [-0.3, -0.25) is 9.48 Å². The van der Waals surface area contributed by atoms with Gasteiger partial charge < -0.3 is 9.47 Å². The lowest BCUT2D eigenvalue weighted by atomic mass is 10.0. The van der Waals surface area contributed by atoms with Gasteiger partial charge in [0.2, 0.25) is 0 Å². The summed E-state index contributed by atoms with van der Waals surface area (Å²) in [6.07, 6.45) is 7.42. The third-order valence-corrected chi connectivity index (χ3v) is 5.24. The van der Waals surface area contributed by atoms with Gasteiger partial charge in [0.05, 0.1) is 17.9 Å². The average Bonchev–Trinajstić information content (AvgIpc) is 3.31. The molecule has 4 rings (SSSR count). The van der Waals surface area contributed by atoms with Crippen LogP contribution in [0, 0.1) is 6.92 Å². The van der Waals surface area contributed by atoms with Gasteiger partial charge in [-0.05, 0) is 46.0 Å². The molecular weight excluding hydrogens is 304 g/mol. The zero-order valence-electron chi connectivity index (χ0n) is 14.4. The predicted octanol–water partition coefficient (Wildman–Crippen LogP) is 1.77. The van der Waals surface area contributed by atoms with Gasteiger partial charge in [-0.15, -0.1) is 5.10 Å². The van der Waals surface area contributed by atoms with E-state index in [1.807, 2.05) is 11.8 Å². The zero-order valence-corrected chi connectivity index (χ0v) is 14.4. The SMILES string of the molecule is CCn1cc(C(=O)N2CCC(n3c(C)nc4c3CCCC4)C2)nn1. The fourth-order valence-electron chi connectivity index (χ4n) is 4.03. The number of hydrogen-bond donors (Lipinski definition) is 0. The molecule has 0 aromatic carbocycles. The molecule has 3 heterocycles. The van der Waals surface area contributed by atoms with Gasteiger partial charge in [-0.1, -0.05) is 5.21 Å². The molecule has 24 heavy (non-hydrogen) atoms.